The van der Waals surface area contributed by atoms with Crippen LogP contribution in [-0.2, 0) is 50.7 Å². The predicted molar refractivity (Wildman–Crippen MR) is 190 cm³/mol. The third kappa shape index (κ3) is 14.1. The number of hydrogen-bond donors (Lipinski definition) is 11. The SMILES string of the molecule is CC(C)(COP(=O)(O)OP(=O)(O)OC[C@H]1O[C@@H](n2c(C=O)nc3c(N)ncnc32)[C@H](O)[C@@H]1OP(=O)(O)O)[C@@H](O)C(=O)NCCC(=O)NCCSC(=O)C(O)CCO. The number of thioether (sulfide) groups is 1. The number of hydrogen-bond acceptors (Lipinski definition) is 21. The molecule has 8 atom stereocenters. The summed E-state index contributed by atoms with van der Waals surface area (Å²) in [7, 11) is -16.6. The van der Waals surface area contributed by atoms with Crippen molar-refractivity contribution in [3.8, 4) is 0 Å². The zero-order chi connectivity index (χ0) is 42.9. The zero-order valence-corrected chi connectivity index (χ0v) is 33.4. The van der Waals surface area contributed by atoms with Gasteiger partial charge in [0.15, 0.2) is 35.3 Å². The standard InChI is InChI=1S/C26H42N7O20P3S/c1-26(2,20(39)23(40)29-5-3-16(37)28-6-8-57-25(41)13(36)4-7-34)11-50-56(47,48)53-55(45,46)49-10-14-19(52-54(42,43)44)18(38)24(51-14)33-15(9-35)32-17-21(27)30-12-31-22(17)33/h9,12-14,18-20,24,34,36,38-39H,3-8,10-11H2,1-2H3,(H,28,37)(H,29,40)(H,45,46)(H,47,48)(H2,27,30,31)(H2,42,43,44)/t13?,14-,18-,19-,20+,24-/m1/s1. The first kappa shape index (κ1) is 48.5. The van der Waals surface area contributed by atoms with E-state index in [0.29, 0.717) is 0 Å². The number of carbonyl (C=O) groups excluding carboxylic acids is 4. The van der Waals surface area contributed by atoms with Gasteiger partial charge in [0.2, 0.25) is 16.9 Å². The van der Waals surface area contributed by atoms with E-state index in [2.05, 4.69) is 34.4 Å². The van der Waals surface area contributed by atoms with Gasteiger partial charge in [0, 0.05) is 43.7 Å². The molecule has 27 nitrogen and oxygen atoms in total. The molecule has 1 aliphatic heterocycles. The number of aromatic nitrogens is 4. The number of anilines is 1. The highest BCUT2D eigenvalue weighted by Crippen LogP contribution is 2.61. The van der Waals surface area contributed by atoms with Gasteiger partial charge in [-0.1, -0.05) is 25.6 Å². The molecule has 2 aromatic heterocycles. The second kappa shape index (κ2) is 20.4. The van der Waals surface area contributed by atoms with E-state index >= 15 is 0 Å². The molecule has 0 saturated carbocycles. The summed E-state index contributed by atoms with van der Waals surface area (Å²) in [4.78, 5) is 98.8. The predicted octanol–water partition coefficient (Wildman–Crippen LogP) is -2.78. The number of aliphatic hydroxyl groups is 4. The van der Waals surface area contributed by atoms with Gasteiger partial charge in [0.25, 0.3) is 0 Å². The van der Waals surface area contributed by atoms with Gasteiger partial charge in [-0.05, 0) is 0 Å². The summed E-state index contributed by atoms with van der Waals surface area (Å²) in [6.45, 7) is -0.368. The first-order valence-corrected chi connectivity index (χ1v) is 21.8. The topological polar surface area (TPSA) is 421 Å². The highest BCUT2D eigenvalue weighted by atomic mass is 32.2. The van der Waals surface area contributed by atoms with Crippen LogP contribution in [0, 0.1) is 5.41 Å². The number of nitrogen functional groups attached to an aromatic ring is 1. The number of ether oxygens (including phenoxy) is 1. The Labute approximate surface area is 326 Å². The summed E-state index contributed by atoms with van der Waals surface area (Å²) in [6.07, 6.45) is -10.2. The number of nitrogens with one attached hydrogen (secondary N) is 2. The average Bonchev–Trinajstić information content (AvgIpc) is 3.63. The number of imidazole rings is 1. The Balaban J connectivity index is 1.54. The van der Waals surface area contributed by atoms with Crippen molar-refractivity contribution in [1.29, 1.82) is 0 Å². The van der Waals surface area contributed by atoms with E-state index in [-0.39, 0.29) is 61.6 Å². The Morgan fingerprint density at radius 2 is 1.75 bits per heavy atom. The van der Waals surface area contributed by atoms with Crippen LogP contribution in [0.15, 0.2) is 6.33 Å². The second-order valence-corrected chi connectivity index (χ2v) is 17.9. The Morgan fingerprint density at radius 1 is 1.09 bits per heavy atom. The molecule has 1 fully saturated rings. The molecule has 3 heterocycles. The van der Waals surface area contributed by atoms with Crippen molar-refractivity contribution in [3.63, 3.8) is 0 Å². The summed E-state index contributed by atoms with van der Waals surface area (Å²) in [5.74, 6) is -2.09. The third-order valence-corrected chi connectivity index (χ3v) is 11.7. The highest BCUT2D eigenvalue weighted by molar-refractivity contribution is 8.13. The molecule has 3 unspecified atom stereocenters. The molecule has 1 aliphatic rings. The Hall–Kier alpha value is -2.85. The molecule has 0 spiro atoms. The van der Waals surface area contributed by atoms with Crippen molar-refractivity contribution in [2.75, 3.05) is 44.4 Å². The molecule has 0 bridgehead atoms. The smallest absolute Gasteiger partial charge is 0.396 e. The lowest BCUT2D eigenvalue weighted by Gasteiger charge is -2.30. The fourth-order valence-electron chi connectivity index (χ4n) is 4.82. The van der Waals surface area contributed by atoms with Crippen LogP contribution in [0.2, 0.25) is 0 Å². The van der Waals surface area contributed by atoms with Gasteiger partial charge in [-0.2, -0.15) is 4.31 Å². The van der Waals surface area contributed by atoms with Gasteiger partial charge in [0.05, 0.1) is 13.2 Å². The Kier molecular flexibility index (Phi) is 17.4. The van der Waals surface area contributed by atoms with E-state index in [0.717, 1.165) is 22.7 Å². The molecule has 57 heavy (non-hydrogen) atoms. The van der Waals surface area contributed by atoms with Crippen LogP contribution in [0.4, 0.5) is 5.82 Å². The normalized spacial score (nSPS) is 22.0. The number of aliphatic hydroxyl groups excluding tert-OH is 4. The van der Waals surface area contributed by atoms with Gasteiger partial charge >= 0.3 is 23.5 Å². The van der Waals surface area contributed by atoms with E-state index in [4.69, 9.17) is 24.6 Å². The van der Waals surface area contributed by atoms with Crippen LogP contribution in [0.1, 0.15) is 43.5 Å². The highest BCUT2D eigenvalue weighted by Gasteiger charge is 2.51. The molecular weight excluding hydrogens is 855 g/mol. The van der Waals surface area contributed by atoms with E-state index in [9.17, 15) is 67.8 Å². The fraction of sp³-hybridized carbons (Fsp3) is 0.654. The Morgan fingerprint density at radius 3 is 2.39 bits per heavy atom. The van der Waals surface area contributed by atoms with Gasteiger partial charge < -0.3 is 61.1 Å². The molecule has 0 radical (unpaired) electrons. The lowest BCUT2D eigenvalue weighted by Crippen LogP contribution is -2.46. The summed E-state index contributed by atoms with van der Waals surface area (Å²) in [6, 6.07) is 0. The fourth-order valence-corrected chi connectivity index (χ4v) is 8.37. The van der Waals surface area contributed by atoms with Crippen LogP contribution in [0.5, 0.6) is 0 Å². The summed E-state index contributed by atoms with van der Waals surface area (Å²) >= 11 is 0.749. The number of rotatable bonds is 23. The van der Waals surface area contributed by atoms with Crippen molar-refractivity contribution >= 4 is 75.4 Å². The zero-order valence-electron chi connectivity index (χ0n) is 29.9. The maximum absolute atomic E-state index is 12.7. The van der Waals surface area contributed by atoms with Crippen LogP contribution in [0.25, 0.3) is 11.2 Å². The molecule has 322 valence electrons. The maximum Gasteiger partial charge on any atom is 0.481 e. The summed E-state index contributed by atoms with van der Waals surface area (Å²) in [5.41, 5.74) is 3.79. The van der Waals surface area contributed by atoms with E-state index in [1.54, 1.807) is 0 Å². The molecule has 0 aromatic carbocycles. The van der Waals surface area contributed by atoms with E-state index in [1.165, 1.54) is 13.8 Å². The monoisotopic (exact) mass is 897 g/mol. The van der Waals surface area contributed by atoms with Crippen molar-refractivity contribution in [3.05, 3.63) is 12.2 Å². The van der Waals surface area contributed by atoms with Gasteiger partial charge in [-0.15, -0.1) is 0 Å². The summed E-state index contributed by atoms with van der Waals surface area (Å²) < 4.78 is 61.8. The second-order valence-electron chi connectivity index (χ2n) is 12.6. The van der Waals surface area contributed by atoms with E-state index in [1.807, 2.05) is 0 Å². The van der Waals surface area contributed by atoms with Gasteiger partial charge in [-0.25, -0.2) is 28.6 Å². The minimum absolute atomic E-state index is 0.0419. The number of phosphoric acid groups is 3. The lowest BCUT2D eigenvalue weighted by molar-refractivity contribution is -0.137. The molecule has 31 heteroatoms. The molecule has 0 aliphatic carbocycles. The molecular formula is C26H42N7O20P3S. The van der Waals surface area contributed by atoms with Crippen molar-refractivity contribution in [2.24, 2.45) is 5.41 Å². The number of carbonyl (C=O) groups is 4. The van der Waals surface area contributed by atoms with Gasteiger partial charge in [0.1, 0.15) is 36.8 Å². The first-order valence-electron chi connectivity index (χ1n) is 16.3. The Bertz CT molecular complexity index is 1900. The molecule has 1 saturated heterocycles. The summed E-state index contributed by atoms with van der Waals surface area (Å²) in [5, 5.41) is 43.9. The number of nitrogens with two attached hydrogens (primary N) is 1. The number of aldehydes is 1. The van der Waals surface area contributed by atoms with E-state index < -0.39 is 102 Å². The maximum atomic E-state index is 12.7. The third-order valence-electron chi connectivity index (χ3n) is 7.65. The molecule has 3 rings (SSSR count). The number of amides is 2. The first-order chi connectivity index (χ1) is 26.4. The molecule has 2 amide bonds. The van der Waals surface area contributed by atoms with Crippen LogP contribution in [0.3, 0.4) is 0 Å². The largest absolute Gasteiger partial charge is 0.481 e. The average molecular weight is 898 g/mol. The van der Waals surface area contributed by atoms with Gasteiger partial charge in [-0.3, -0.25) is 37.3 Å². The molecule has 12 N–H and O–H groups in total. The molecule has 2 aromatic rings. The minimum atomic E-state index is -5.66. The lowest BCUT2D eigenvalue weighted by atomic mass is 9.87. The van der Waals surface area contributed by atoms with Crippen LogP contribution < -0.4 is 16.4 Å². The van der Waals surface area contributed by atoms with Crippen LogP contribution in [-0.4, -0.2) is 152 Å². The number of fused-ring (bicyclic) bond motifs is 1. The van der Waals surface area contributed by atoms with Crippen molar-refractivity contribution in [1.82, 2.24) is 30.2 Å². The number of phosphoric ester groups is 3. The minimum Gasteiger partial charge on any atom is -0.396 e. The quantitative estimate of drug-likeness (QED) is 0.0305. The van der Waals surface area contributed by atoms with Crippen molar-refractivity contribution in [2.45, 2.75) is 63.4 Å². The van der Waals surface area contributed by atoms with Crippen molar-refractivity contribution < 1.29 is 95.5 Å². The number of nitrogens with zero attached hydrogens (tertiary/aromatic N) is 4. The van der Waals surface area contributed by atoms with Crippen LogP contribution >= 0.6 is 35.2 Å².